The highest BCUT2D eigenvalue weighted by molar-refractivity contribution is 7.45. The Kier molecular flexibility index (Phi) is 11.4. The second kappa shape index (κ2) is 12.7. The quantitative estimate of drug-likeness (QED) is 0.255. The maximum absolute atomic E-state index is 13.5. The van der Waals surface area contributed by atoms with Crippen molar-refractivity contribution in [3.8, 4) is 5.75 Å². The monoisotopic (exact) mass is 439 g/mol. The number of rotatable bonds is 14. The molecule has 1 unspecified atom stereocenters. The molecule has 1 aromatic rings. The number of hydrogen-bond donors (Lipinski definition) is 4. The molecule has 0 saturated heterocycles. The van der Waals surface area contributed by atoms with E-state index >= 15 is 0 Å². The summed E-state index contributed by atoms with van der Waals surface area (Å²) in [7, 11) is -2.13. The topological polar surface area (TPSA) is 95.9 Å². The number of alkyl halides is 3. The summed E-state index contributed by atoms with van der Waals surface area (Å²) in [5.74, 6) is -0.177. The number of halogens is 3. The highest BCUT2D eigenvalue weighted by atomic mass is 31.2. The van der Waals surface area contributed by atoms with E-state index < -0.39 is 25.7 Å². The van der Waals surface area contributed by atoms with Crippen LogP contribution in [0.4, 0.5) is 13.2 Å². The molecule has 168 valence electrons. The molecule has 0 heterocycles. The van der Waals surface area contributed by atoms with Crippen molar-refractivity contribution in [2.45, 2.75) is 70.0 Å². The van der Waals surface area contributed by atoms with Gasteiger partial charge in [-0.05, 0) is 43.4 Å². The Balaban J connectivity index is 2.75. The highest BCUT2D eigenvalue weighted by Crippen LogP contribution is 2.37. The Bertz CT molecular complexity index is 602. The Hall–Kier alpha value is -0.920. The van der Waals surface area contributed by atoms with Gasteiger partial charge in [-0.3, -0.25) is 0 Å². The largest absolute Gasteiger partial charge is 0.493 e. The molecule has 29 heavy (non-hydrogen) atoms. The van der Waals surface area contributed by atoms with E-state index in [0.29, 0.717) is 12.0 Å². The van der Waals surface area contributed by atoms with Gasteiger partial charge in [0.25, 0.3) is 0 Å². The fourth-order valence-electron chi connectivity index (χ4n) is 2.97. The Morgan fingerprint density at radius 3 is 2.34 bits per heavy atom. The maximum Gasteiger partial charge on any atom is 0.419 e. The van der Waals surface area contributed by atoms with Crippen molar-refractivity contribution in [2.75, 3.05) is 19.4 Å². The van der Waals surface area contributed by atoms with Crippen molar-refractivity contribution >= 4 is 8.38 Å². The molecule has 0 saturated carbocycles. The molecule has 0 aliphatic carbocycles. The van der Waals surface area contributed by atoms with Gasteiger partial charge in [-0.25, -0.2) is 0 Å². The van der Waals surface area contributed by atoms with Crippen LogP contribution in [0.1, 0.15) is 63.0 Å². The van der Waals surface area contributed by atoms with Gasteiger partial charge in [-0.2, -0.15) is 13.2 Å². The van der Waals surface area contributed by atoms with E-state index in [9.17, 15) is 18.3 Å². The third-order valence-electron chi connectivity index (χ3n) is 4.89. The van der Waals surface area contributed by atoms with Crippen LogP contribution in [0.15, 0.2) is 18.2 Å². The van der Waals surface area contributed by atoms with Crippen LogP contribution in [0.25, 0.3) is 0 Å². The third kappa shape index (κ3) is 10.1. The minimum absolute atomic E-state index is 0.0469. The molecule has 1 atom stereocenters. The van der Waals surface area contributed by atoms with Crippen molar-refractivity contribution in [3.05, 3.63) is 29.3 Å². The molecule has 0 aromatic heterocycles. The van der Waals surface area contributed by atoms with Crippen molar-refractivity contribution < 1.29 is 32.8 Å². The molecule has 0 aliphatic heterocycles. The summed E-state index contributed by atoms with van der Waals surface area (Å²) in [6.07, 6.45) is 1.03. The van der Waals surface area contributed by atoms with E-state index in [2.05, 4.69) is 6.92 Å². The first kappa shape index (κ1) is 26.1. The van der Waals surface area contributed by atoms with Crippen molar-refractivity contribution in [3.63, 3.8) is 0 Å². The number of aryl methyl sites for hydroxylation is 1. The average Bonchev–Trinajstić information content (AvgIpc) is 2.67. The van der Waals surface area contributed by atoms with Gasteiger partial charge in [0.2, 0.25) is 0 Å². The molecule has 0 radical (unpaired) electrons. The number of nitrogens with two attached hydrogens (primary N) is 1. The number of ether oxygens (including phenoxy) is 1. The van der Waals surface area contributed by atoms with Gasteiger partial charge in [0.1, 0.15) is 5.75 Å². The molecule has 0 spiro atoms. The number of hydrogen-bond acceptors (Lipinski definition) is 5. The minimum Gasteiger partial charge on any atom is -0.493 e. The zero-order valence-corrected chi connectivity index (χ0v) is 17.8. The summed E-state index contributed by atoms with van der Waals surface area (Å²) in [6, 6.07) is 3.97. The van der Waals surface area contributed by atoms with E-state index in [-0.39, 0.29) is 44.4 Å². The second-order valence-electron chi connectivity index (χ2n) is 7.46. The fourth-order valence-corrected chi connectivity index (χ4v) is 3.61. The van der Waals surface area contributed by atoms with Crippen LogP contribution < -0.4 is 10.5 Å². The zero-order valence-electron chi connectivity index (χ0n) is 16.9. The lowest BCUT2D eigenvalue weighted by atomic mass is 9.90. The number of benzene rings is 1. The minimum atomic E-state index is -4.53. The van der Waals surface area contributed by atoms with Crippen LogP contribution in [-0.4, -0.2) is 39.8 Å². The first-order chi connectivity index (χ1) is 13.6. The Morgan fingerprint density at radius 2 is 1.76 bits per heavy atom. The van der Waals surface area contributed by atoms with Gasteiger partial charge in [0.05, 0.1) is 18.8 Å². The standard InChI is InChI=1S/C20H33F3NO4P/c1-2-3-4-5-6-12-28-18-8-7-16(14-17(18)20(21,22)23)9-10-19(24,15-25)11-13-29(26)27/h7-8,14,25-27H,2-6,9-13,15,24H2,1H3. The van der Waals surface area contributed by atoms with Crippen LogP contribution in [-0.2, 0) is 12.6 Å². The van der Waals surface area contributed by atoms with Crippen LogP contribution in [0, 0.1) is 0 Å². The lowest BCUT2D eigenvalue weighted by Crippen LogP contribution is -2.44. The Morgan fingerprint density at radius 1 is 1.07 bits per heavy atom. The van der Waals surface area contributed by atoms with Gasteiger partial charge >= 0.3 is 6.18 Å². The van der Waals surface area contributed by atoms with Crippen molar-refractivity contribution in [1.82, 2.24) is 0 Å². The summed E-state index contributed by atoms with van der Waals surface area (Å²) >= 11 is 0. The van der Waals surface area contributed by atoms with E-state index in [1.807, 2.05) is 0 Å². The smallest absolute Gasteiger partial charge is 0.419 e. The molecule has 0 amide bonds. The molecule has 9 heteroatoms. The van der Waals surface area contributed by atoms with Gasteiger partial charge < -0.3 is 25.4 Å². The first-order valence-corrected chi connectivity index (χ1v) is 11.4. The summed E-state index contributed by atoms with van der Waals surface area (Å²) in [5, 5.41) is 9.50. The van der Waals surface area contributed by atoms with Gasteiger partial charge in [0, 0.05) is 11.7 Å². The predicted octanol–water partition coefficient (Wildman–Crippen LogP) is 4.36. The van der Waals surface area contributed by atoms with E-state index in [4.69, 9.17) is 20.3 Å². The molecule has 0 fully saturated rings. The summed E-state index contributed by atoms with van der Waals surface area (Å²) in [6.45, 7) is 1.95. The SMILES string of the molecule is CCCCCCCOc1ccc(CCC(N)(CO)CCP(O)O)cc1C(F)(F)F. The number of aliphatic hydroxyl groups is 1. The highest BCUT2D eigenvalue weighted by Gasteiger charge is 2.35. The number of unbranched alkanes of at least 4 members (excludes halogenated alkanes) is 4. The second-order valence-corrected chi connectivity index (χ2v) is 8.65. The predicted molar refractivity (Wildman–Crippen MR) is 109 cm³/mol. The molecule has 0 aliphatic rings. The molecular weight excluding hydrogens is 406 g/mol. The molecule has 1 aromatic carbocycles. The van der Waals surface area contributed by atoms with E-state index in [1.54, 1.807) is 6.07 Å². The Labute approximate surface area is 172 Å². The van der Waals surface area contributed by atoms with Gasteiger partial charge in [0.15, 0.2) is 8.38 Å². The first-order valence-electron chi connectivity index (χ1n) is 9.99. The zero-order chi connectivity index (χ0) is 21.9. The fraction of sp³-hybridized carbons (Fsp3) is 0.700. The molecule has 5 N–H and O–H groups in total. The van der Waals surface area contributed by atoms with E-state index in [0.717, 1.165) is 31.7 Å². The summed E-state index contributed by atoms with van der Waals surface area (Å²) in [5.41, 5.74) is 4.60. The number of aliphatic hydroxyl groups excluding tert-OH is 1. The normalized spacial score (nSPS) is 14.2. The maximum atomic E-state index is 13.5. The summed E-state index contributed by atoms with van der Waals surface area (Å²) in [4.78, 5) is 18.1. The van der Waals surface area contributed by atoms with Gasteiger partial charge in [-0.15, -0.1) is 0 Å². The van der Waals surface area contributed by atoms with Crippen LogP contribution in [0.5, 0.6) is 5.75 Å². The van der Waals surface area contributed by atoms with E-state index in [1.165, 1.54) is 6.07 Å². The average molecular weight is 439 g/mol. The van der Waals surface area contributed by atoms with Crippen LogP contribution in [0.3, 0.4) is 0 Å². The lowest BCUT2D eigenvalue weighted by Gasteiger charge is -2.27. The molecular formula is C20H33F3NO4P. The van der Waals surface area contributed by atoms with Crippen molar-refractivity contribution in [1.29, 1.82) is 0 Å². The summed E-state index contributed by atoms with van der Waals surface area (Å²) < 4.78 is 45.8. The van der Waals surface area contributed by atoms with Crippen LogP contribution in [0.2, 0.25) is 0 Å². The van der Waals surface area contributed by atoms with Crippen molar-refractivity contribution in [2.24, 2.45) is 5.73 Å². The van der Waals surface area contributed by atoms with Gasteiger partial charge in [-0.1, -0.05) is 38.7 Å². The lowest BCUT2D eigenvalue weighted by molar-refractivity contribution is -0.139. The van der Waals surface area contributed by atoms with Crippen LogP contribution >= 0.6 is 8.38 Å². The molecule has 5 nitrogen and oxygen atoms in total. The molecule has 1 rings (SSSR count). The molecule has 0 bridgehead atoms. The third-order valence-corrected chi connectivity index (χ3v) is 5.51.